The van der Waals surface area contributed by atoms with Crippen LogP contribution in [0.25, 0.3) is 0 Å². The highest BCUT2D eigenvalue weighted by Gasteiger charge is 2.26. The van der Waals surface area contributed by atoms with Crippen LogP contribution in [0.2, 0.25) is 0 Å². The van der Waals surface area contributed by atoms with Crippen LogP contribution >= 0.6 is 0 Å². The second-order valence-corrected chi connectivity index (χ2v) is 5.89. The predicted octanol–water partition coefficient (Wildman–Crippen LogP) is 1.05. The number of aliphatic hydroxyl groups excluding tert-OH is 1. The summed E-state index contributed by atoms with van der Waals surface area (Å²) in [6.07, 6.45) is 5.02. The van der Waals surface area contributed by atoms with Crippen molar-refractivity contribution in [3.05, 3.63) is 12.4 Å². The van der Waals surface area contributed by atoms with E-state index in [4.69, 9.17) is 4.74 Å². The first kappa shape index (κ1) is 14.5. The van der Waals surface area contributed by atoms with Gasteiger partial charge in [0.15, 0.2) is 0 Å². The first-order valence-corrected chi connectivity index (χ1v) is 7.84. The van der Waals surface area contributed by atoms with Crippen molar-refractivity contribution in [2.75, 3.05) is 42.6 Å². The Morgan fingerprint density at radius 2 is 2.14 bits per heavy atom. The standard InChI is InChI=1S/C15H24N4O2/c1-12-9-18(5-3-7-21-12)14-8-15(17-11-16-14)19-6-2-4-13(19)10-20/h8,11-13,20H,2-7,9-10H2,1H3/t12-,13-/m0/s1. The van der Waals surface area contributed by atoms with Gasteiger partial charge in [0.1, 0.15) is 18.0 Å². The molecule has 1 N–H and O–H groups in total. The van der Waals surface area contributed by atoms with Gasteiger partial charge in [0.05, 0.1) is 18.8 Å². The van der Waals surface area contributed by atoms with Gasteiger partial charge in [-0.1, -0.05) is 0 Å². The lowest BCUT2D eigenvalue weighted by atomic mass is 10.2. The molecule has 0 unspecified atom stereocenters. The van der Waals surface area contributed by atoms with E-state index < -0.39 is 0 Å². The molecular formula is C15H24N4O2. The number of rotatable bonds is 3. The normalized spacial score (nSPS) is 27.0. The number of anilines is 2. The zero-order valence-electron chi connectivity index (χ0n) is 12.6. The molecule has 116 valence electrons. The van der Waals surface area contributed by atoms with E-state index in [1.165, 1.54) is 0 Å². The lowest BCUT2D eigenvalue weighted by Crippen LogP contribution is -2.34. The number of hydrogen-bond acceptors (Lipinski definition) is 6. The highest BCUT2D eigenvalue weighted by atomic mass is 16.5. The predicted molar refractivity (Wildman–Crippen MR) is 81.7 cm³/mol. The Labute approximate surface area is 125 Å². The molecule has 2 aliphatic rings. The van der Waals surface area contributed by atoms with E-state index in [-0.39, 0.29) is 18.8 Å². The molecule has 2 atom stereocenters. The third-order valence-electron chi connectivity index (χ3n) is 4.30. The Balaban J connectivity index is 1.79. The van der Waals surface area contributed by atoms with Gasteiger partial charge in [-0.25, -0.2) is 9.97 Å². The van der Waals surface area contributed by atoms with Gasteiger partial charge < -0.3 is 19.6 Å². The minimum Gasteiger partial charge on any atom is -0.394 e. The van der Waals surface area contributed by atoms with Crippen molar-refractivity contribution in [1.82, 2.24) is 9.97 Å². The molecule has 6 nitrogen and oxygen atoms in total. The summed E-state index contributed by atoms with van der Waals surface area (Å²) in [5.41, 5.74) is 0. The number of aliphatic hydroxyl groups is 1. The largest absolute Gasteiger partial charge is 0.394 e. The quantitative estimate of drug-likeness (QED) is 0.898. The lowest BCUT2D eigenvalue weighted by molar-refractivity contribution is 0.0820. The summed E-state index contributed by atoms with van der Waals surface area (Å²) < 4.78 is 5.69. The van der Waals surface area contributed by atoms with Crippen LogP contribution in [0.1, 0.15) is 26.2 Å². The Kier molecular flexibility index (Phi) is 4.55. The van der Waals surface area contributed by atoms with Gasteiger partial charge in [0.25, 0.3) is 0 Å². The molecule has 2 saturated heterocycles. The van der Waals surface area contributed by atoms with Gasteiger partial charge in [-0.05, 0) is 26.2 Å². The summed E-state index contributed by atoms with van der Waals surface area (Å²) in [6, 6.07) is 2.24. The third kappa shape index (κ3) is 3.27. The maximum atomic E-state index is 9.48. The van der Waals surface area contributed by atoms with Crippen molar-refractivity contribution in [2.45, 2.75) is 38.3 Å². The Hall–Kier alpha value is -1.40. The highest BCUT2D eigenvalue weighted by molar-refractivity contribution is 5.51. The van der Waals surface area contributed by atoms with Crippen molar-refractivity contribution < 1.29 is 9.84 Å². The van der Waals surface area contributed by atoms with E-state index >= 15 is 0 Å². The summed E-state index contributed by atoms with van der Waals surface area (Å²) in [6.45, 7) is 5.89. The van der Waals surface area contributed by atoms with Gasteiger partial charge in [-0.3, -0.25) is 0 Å². The molecular weight excluding hydrogens is 268 g/mol. The fraction of sp³-hybridized carbons (Fsp3) is 0.733. The van der Waals surface area contributed by atoms with E-state index in [9.17, 15) is 5.11 Å². The first-order valence-electron chi connectivity index (χ1n) is 7.84. The van der Waals surface area contributed by atoms with Crippen LogP contribution in [0, 0.1) is 0 Å². The molecule has 0 aromatic carbocycles. The van der Waals surface area contributed by atoms with Crippen LogP contribution in [0.4, 0.5) is 11.6 Å². The average Bonchev–Trinajstić information content (AvgIpc) is 2.89. The Morgan fingerprint density at radius 1 is 1.29 bits per heavy atom. The van der Waals surface area contributed by atoms with Crippen LogP contribution in [-0.4, -0.2) is 60.1 Å². The maximum absolute atomic E-state index is 9.48. The summed E-state index contributed by atoms with van der Waals surface area (Å²) >= 11 is 0. The smallest absolute Gasteiger partial charge is 0.134 e. The zero-order chi connectivity index (χ0) is 14.7. The monoisotopic (exact) mass is 292 g/mol. The SMILES string of the molecule is C[C@H]1CN(c2cc(N3CCC[C@H]3CO)ncn2)CCCO1. The highest BCUT2D eigenvalue weighted by Crippen LogP contribution is 2.26. The lowest BCUT2D eigenvalue weighted by Gasteiger charge is -2.27. The van der Waals surface area contributed by atoms with Crippen molar-refractivity contribution in [1.29, 1.82) is 0 Å². The van der Waals surface area contributed by atoms with E-state index in [1.54, 1.807) is 6.33 Å². The van der Waals surface area contributed by atoms with Crippen LogP contribution in [-0.2, 0) is 4.74 Å². The fourth-order valence-corrected chi connectivity index (χ4v) is 3.20. The van der Waals surface area contributed by atoms with Gasteiger partial charge >= 0.3 is 0 Å². The molecule has 0 amide bonds. The molecule has 21 heavy (non-hydrogen) atoms. The van der Waals surface area contributed by atoms with Crippen LogP contribution in [0.15, 0.2) is 12.4 Å². The van der Waals surface area contributed by atoms with Gasteiger partial charge in [0.2, 0.25) is 0 Å². The van der Waals surface area contributed by atoms with Crippen molar-refractivity contribution in [2.24, 2.45) is 0 Å². The first-order chi connectivity index (χ1) is 10.3. The van der Waals surface area contributed by atoms with E-state index in [0.29, 0.717) is 0 Å². The fourth-order valence-electron chi connectivity index (χ4n) is 3.20. The Morgan fingerprint density at radius 3 is 3.00 bits per heavy atom. The minimum absolute atomic E-state index is 0.188. The van der Waals surface area contributed by atoms with E-state index in [2.05, 4.69) is 26.7 Å². The molecule has 3 heterocycles. The molecule has 0 saturated carbocycles. The molecule has 1 aromatic heterocycles. The summed E-state index contributed by atoms with van der Waals surface area (Å²) in [7, 11) is 0. The van der Waals surface area contributed by atoms with Gasteiger partial charge in [-0.15, -0.1) is 0 Å². The minimum atomic E-state index is 0.188. The molecule has 6 heteroatoms. The number of hydrogen-bond donors (Lipinski definition) is 1. The third-order valence-corrected chi connectivity index (χ3v) is 4.30. The molecule has 2 aliphatic heterocycles. The molecule has 0 aliphatic carbocycles. The maximum Gasteiger partial charge on any atom is 0.134 e. The van der Waals surface area contributed by atoms with E-state index in [1.807, 2.05) is 6.07 Å². The second-order valence-electron chi connectivity index (χ2n) is 5.89. The van der Waals surface area contributed by atoms with E-state index in [0.717, 1.165) is 57.1 Å². The van der Waals surface area contributed by atoms with Gasteiger partial charge in [-0.2, -0.15) is 0 Å². The zero-order valence-corrected chi connectivity index (χ0v) is 12.6. The average molecular weight is 292 g/mol. The summed E-state index contributed by atoms with van der Waals surface area (Å²) in [4.78, 5) is 13.3. The second kappa shape index (κ2) is 6.58. The number of nitrogens with zero attached hydrogens (tertiary/aromatic N) is 4. The van der Waals surface area contributed by atoms with Crippen molar-refractivity contribution in [3.63, 3.8) is 0 Å². The van der Waals surface area contributed by atoms with Crippen LogP contribution < -0.4 is 9.80 Å². The number of ether oxygens (including phenoxy) is 1. The van der Waals surface area contributed by atoms with Crippen molar-refractivity contribution in [3.8, 4) is 0 Å². The summed E-state index contributed by atoms with van der Waals surface area (Å²) in [5, 5.41) is 9.48. The molecule has 3 rings (SSSR count). The Bertz CT molecular complexity index is 471. The molecule has 0 bridgehead atoms. The van der Waals surface area contributed by atoms with Crippen molar-refractivity contribution >= 4 is 11.6 Å². The molecule has 0 spiro atoms. The molecule has 2 fully saturated rings. The topological polar surface area (TPSA) is 61.7 Å². The van der Waals surface area contributed by atoms with Crippen LogP contribution in [0.3, 0.4) is 0 Å². The molecule has 0 radical (unpaired) electrons. The number of aromatic nitrogens is 2. The molecule has 1 aromatic rings. The van der Waals surface area contributed by atoms with Crippen LogP contribution in [0.5, 0.6) is 0 Å². The van der Waals surface area contributed by atoms with Gasteiger partial charge in [0, 0.05) is 32.3 Å². The summed E-state index contributed by atoms with van der Waals surface area (Å²) in [5.74, 6) is 1.88.